The number of aryl methyl sites for hydroxylation is 1. The number of hydrazone groups is 2. The zero-order valence-electron chi connectivity index (χ0n) is 15.2. The first-order valence-electron chi connectivity index (χ1n) is 8.56. The van der Waals surface area contributed by atoms with Crippen molar-refractivity contribution in [1.29, 1.82) is 0 Å². The number of nitrogens with one attached hydrogen (secondary N) is 1. The number of hydrogen-bond acceptors (Lipinski definition) is 7. The fraction of sp³-hybridized carbons (Fsp3) is 0.100. The van der Waals surface area contributed by atoms with Crippen LogP contribution in [0.25, 0.3) is 11.3 Å². The number of benzene rings is 2. The van der Waals surface area contributed by atoms with E-state index in [1.54, 1.807) is 19.1 Å². The summed E-state index contributed by atoms with van der Waals surface area (Å²) in [6.07, 6.45) is 0. The lowest BCUT2D eigenvalue weighted by molar-refractivity contribution is -0.112. The molecule has 0 radical (unpaired) electrons. The Kier molecular flexibility index (Phi) is 4.62. The zero-order valence-corrected chi connectivity index (χ0v) is 16.1. The molecular weight excluding hydrogens is 374 g/mol. The van der Waals surface area contributed by atoms with Gasteiger partial charge in [0.1, 0.15) is 5.75 Å². The van der Waals surface area contributed by atoms with E-state index in [9.17, 15) is 9.90 Å². The first-order valence-corrected chi connectivity index (χ1v) is 9.44. The molecule has 1 aromatic heterocycles. The van der Waals surface area contributed by atoms with Crippen LogP contribution in [0.1, 0.15) is 12.5 Å². The summed E-state index contributed by atoms with van der Waals surface area (Å²) in [5.74, 6) is -0.180. The number of carbonyl (C=O) groups excluding carboxylic acids is 1. The highest BCUT2D eigenvalue weighted by atomic mass is 32.1. The third-order valence-electron chi connectivity index (χ3n) is 4.17. The first-order chi connectivity index (χ1) is 13.5. The van der Waals surface area contributed by atoms with Crippen LogP contribution in [-0.4, -0.2) is 27.4 Å². The molecule has 4 rings (SSSR count). The maximum absolute atomic E-state index is 12.7. The third kappa shape index (κ3) is 3.49. The lowest BCUT2D eigenvalue weighted by Crippen LogP contribution is -2.27. The molecule has 0 aliphatic carbocycles. The molecule has 0 atom stereocenters. The standard InChI is InChI=1S/C20H17N5O2S/c1-12-3-5-14(6-4-12)17-11-28-20(21-17)25-19(27)18(13(2)24-25)23-22-15-7-9-16(26)10-8-15/h3-11,22,26H,1-2H3. The molecule has 0 bridgehead atoms. The van der Waals surface area contributed by atoms with E-state index in [0.717, 1.165) is 11.3 Å². The summed E-state index contributed by atoms with van der Waals surface area (Å²) in [6, 6.07) is 14.5. The number of rotatable bonds is 4. The predicted octanol–water partition coefficient (Wildman–Crippen LogP) is 4.01. The molecule has 140 valence electrons. The molecule has 2 aromatic carbocycles. The summed E-state index contributed by atoms with van der Waals surface area (Å²) in [7, 11) is 0. The smallest absolute Gasteiger partial charge is 0.303 e. The van der Waals surface area contributed by atoms with Crippen molar-refractivity contribution >= 4 is 39.5 Å². The average Bonchev–Trinajstić information content (AvgIpc) is 3.27. The fourth-order valence-corrected chi connectivity index (χ4v) is 3.41. The van der Waals surface area contributed by atoms with Crippen LogP contribution < -0.4 is 10.4 Å². The van der Waals surface area contributed by atoms with Crippen molar-refractivity contribution in [2.24, 2.45) is 10.2 Å². The molecule has 1 amide bonds. The van der Waals surface area contributed by atoms with Crippen molar-refractivity contribution in [2.75, 3.05) is 10.4 Å². The largest absolute Gasteiger partial charge is 0.508 e. The van der Waals surface area contributed by atoms with Crippen LogP contribution in [0.4, 0.5) is 10.8 Å². The highest BCUT2D eigenvalue weighted by molar-refractivity contribution is 7.14. The minimum Gasteiger partial charge on any atom is -0.508 e. The SMILES string of the molecule is CC1=NN(c2nc(-c3ccc(C)cc3)cs2)C(=O)C1=NNc1ccc(O)cc1. The Hall–Kier alpha value is -3.52. The normalized spacial score (nSPS) is 15.2. The lowest BCUT2D eigenvalue weighted by Gasteiger charge is -2.06. The van der Waals surface area contributed by atoms with Crippen LogP contribution in [0.5, 0.6) is 5.75 Å². The number of anilines is 2. The van der Waals surface area contributed by atoms with Crippen LogP contribution in [-0.2, 0) is 4.79 Å². The third-order valence-corrected chi connectivity index (χ3v) is 4.99. The number of amides is 1. The maximum Gasteiger partial charge on any atom is 0.303 e. The van der Waals surface area contributed by atoms with Gasteiger partial charge in [0.2, 0.25) is 5.13 Å². The molecule has 2 N–H and O–H groups in total. The highest BCUT2D eigenvalue weighted by Crippen LogP contribution is 2.29. The van der Waals surface area contributed by atoms with Crippen molar-refractivity contribution in [3.8, 4) is 17.0 Å². The van der Waals surface area contributed by atoms with E-state index in [-0.39, 0.29) is 17.4 Å². The number of carbonyl (C=O) groups is 1. The number of aromatic hydroxyl groups is 1. The zero-order chi connectivity index (χ0) is 19.7. The van der Waals surface area contributed by atoms with Crippen molar-refractivity contribution in [3.63, 3.8) is 0 Å². The fourth-order valence-electron chi connectivity index (χ4n) is 2.63. The molecule has 0 unspecified atom stereocenters. The molecule has 3 aromatic rings. The van der Waals surface area contributed by atoms with Crippen LogP contribution >= 0.6 is 11.3 Å². The molecule has 2 heterocycles. The van der Waals surface area contributed by atoms with Crippen molar-refractivity contribution < 1.29 is 9.90 Å². The van der Waals surface area contributed by atoms with E-state index in [1.807, 2.05) is 36.6 Å². The molecule has 1 aliphatic heterocycles. The van der Waals surface area contributed by atoms with Gasteiger partial charge in [-0.25, -0.2) is 4.98 Å². The van der Waals surface area contributed by atoms with Gasteiger partial charge in [0.15, 0.2) is 5.71 Å². The van der Waals surface area contributed by atoms with E-state index < -0.39 is 0 Å². The van der Waals surface area contributed by atoms with Gasteiger partial charge in [-0.05, 0) is 38.1 Å². The molecule has 8 heteroatoms. The average molecular weight is 391 g/mol. The van der Waals surface area contributed by atoms with E-state index in [4.69, 9.17) is 0 Å². The summed E-state index contributed by atoms with van der Waals surface area (Å²) in [5, 5.41) is 21.5. The Morgan fingerprint density at radius 2 is 1.79 bits per heavy atom. The summed E-state index contributed by atoms with van der Waals surface area (Å²) in [5.41, 5.74) is 7.16. The van der Waals surface area contributed by atoms with Crippen LogP contribution in [0.2, 0.25) is 0 Å². The summed E-state index contributed by atoms with van der Waals surface area (Å²) >= 11 is 1.35. The van der Waals surface area contributed by atoms with Gasteiger partial charge in [0, 0.05) is 10.9 Å². The summed E-state index contributed by atoms with van der Waals surface area (Å²) in [6.45, 7) is 3.76. The molecule has 0 saturated heterocycles. The highest BCUT2D eigenvalue weighted by Gasteiger charge is 2.32. The number of aromatic nitrogens is 1. The second-order valence-electron chi connectivity index (χ2n) is 6.30. The number of phenolic OH excluding ortho intramolecular Hbond substituents is 1. The minimum atomic E-state index is -0.339. The van der Waals surface area contributed by atoms with Gasteiger partial charge < -0.3 is 5.11 Å². The molecular formula is C20H17N5O2S. The van der Waals surface area contributed by atoms with Gasteiger partial charge in [-0.3, -0.25) is 10.2 Å². The van der Waals surface area contributed by atoms with Gasteiger partial charge in [0.05, 0.1) is 17.1 Å². The van der Waals surface area contributed by atoms with E-state index in [1.165, 1.54) is 34.0 Å². The Labute approximate surface area is 165 Å². The van der Waals surface area contributed by atoms with Crippen LogP contribution in [0.15, 0.2) is 64.1 Å². The Bertz CT molecular complexity index is 1080. The first kappa shape index (κ1) is 17.9. The summed E-state index contributed by atoms with van der Waals surface area (Å²) < 4.78 is 0. The minimum absolute atomic E-state index is 0.159. The maximum atomic E-state index is 12.7. The molecule has 1 aliphatic rings. The van der Waals surface area contributed by atoms with E-state index in [2.05, 4.69) is 20.6 Å². The van der Waals surface area contributed by atoms with Gasteiger partial charge in [0.25, 0.3) is 0 Å². The van der Waals surface area contributed by atoms with E-state index in [0.29, 0.717) is 16.5 Å². The van der Waals surface area contributed by atoms with Gasteiger partial charge in [-0.1, -0.05) is 29.8 Å². The lowest BCUT2D eigenvalue weighted by atomic mass is 10.1. The Morgan fingerprint density at radius 3 is 2.50 bits per heavy atom. The van der Waals surface area contributed by atoms with Crippen LogP contribution in [0, 0.1) is 6.92 Å². The Morgan fingerprint density at radius 1 is 1.07 bits per heavy atom. The van der Waals surface area contributed by atoms with Crippen molar-refractivity contribution in [2.45, 2.75) is 13.8 Å². The van der Waals surface area contributed by atoms with Gasteiger partial charge in [-0.15, -0.1) is 11.3 Å². The number of hydrogen-bond donors (Lipinski definition) is 2. The molecule has 28 heavy (non-hydrogen) atoms. The van der Waals surface area contributed by atoms with Crippen molar-refractivity contribution in [1.82, 2.24) is 4.98 Å². The predicted molar refractivity (Wildman–Crippen MR) is 112 cm³/mol. The Balaban J connectivity index is 1.54. The number of thiazole rings is 1. The quantitative estimate of drug-likeness (QED) is 0.519. The molecule has 0 spiro atoms. The van der Waals surface area contributed by atoms with Crippen LogP contribution in [0.3, 0.4) is 0 Å². The number of phenols is 1. The van der Waals surface area contributed by atoms with Crippen molar-refractivity contribution in [3.05, 3.63) is 59.5 Å². The monoisotopic (exact) mass is 391 g/mol. The molecule has 7 nitrogen and oxygen atoms in total. The topological polar surface area (TPSA) is 90.2 Å². The molecule has 0 saturated carbocycles. The van der Waals surface area contributed by atoms with E-state index >= 15 is 0 Å². The summed E-state index contributed by atoms with van der Waals surface area (Å²) in [4.78, 5) is 17.3. The second-order valence-corrected chi connectivity index (χ2v) is 7.14. The second kappa shape index (κ2) is 7.24. The van der Waals surface area contributed by atoms with Gasteiger partial charge in [-0.2, -0.15) is 15.2 Å². The van der Waals surface area contributed by atoms with Gasteiger partial charge >= 0.3 is 5.91 Å². The number of nitrogens with zero attached hydrogens (tertiary/aromatic N) is 4. The molecule has 0 fully saturated rings.